The minimum atomic E-state index is -0.208. The van der Waals surface area contributed by atoms with Crippen molar-refractivity contribution in [3.63, 3.8) is 0 Å². The van der Waals surface area contributed by atoms with Gasteiger partial charge in [0.05, 0.1) is 6.61 Å². The van der Waals surface area contributed by atoms with E-state index < -0.39 is 0 Å². The van der Waals surface area contributed by atoms with E-state index >= 15 is 0 Å². The van der Waals surface area contributed by atoms with Crippen LogP contribution < -0.4 is 10.9 Å². The van der Waals surface area contributed by atoms with Crippen molar-refractivity contribution in [3.8, 4) is 0 Å². The zero-order valence-electron chi connectivity index (χ0n) is 11.1. The van der Waals surface area contributed by atoms with Gasteiger partial charge in [-0.25, -0.2) is 4.98 Å². The Morgan fingerprint density at radius 3 is 3.05 bits per heavy atom. The predicted molar refractivity (Wildman–Crippen MR) is 71.1 cm³/mol. The minimum Gasteiger partial charge on any atom is -0.466 e. The monoisotopic (exact) mass is 265 g/mol. The number of rotatable bonds is 7. The third-order valence-corrected chi connectivity index (χ3v) is 2.96. The van der Waals surface area contributed by atoms with E-state index in [0.29, 0.717) is 37.9 Å². The first-order valence-electron chi connectivity index (χ1n) is 6.69. The van der Waals surface area contributed by atoms with E-state index in [1.807, 2.05) is 0 Å². The van der Waals surface area contributed by atoms with Crippen LogP contribution in [0.25, 0.3) is 0 Å². The molecule has 1 aromatic heterocycles. The Kier molecular flexibility index (Phi) is 4.54. The Morgan fingerprint density at radius 1 is 1.58 bits per heavy atom. The molecule has 2 rings (SSSR count). The highest BCUT2D eigenvalue weighted by Gasteiger charge is 2.25. The molecule has 0 unspecified atom stereocenters. The van der Waals surface area contributed by atoms with E-state index in [0.717, 1.165) is 12.8 Å². The van der Waals surface area contributed by atoms with Crippen molar-refractivity contribution >= 4 is 11.8 Å². The SMILES string of the molecule is CCOC(=O)CCCNc1nccn(C2CC2)c1=O. The number of ether oxygens (including phenoxy) is 1. The van der Waals surface area contributed by atoms with Gasteiger partial charge >= 0.3 is 5.97 Å². The summed E-state index contributed by atoms with van der Waals surface area (Å²) >= 11 is 0. The molecule has 1 aromatic rings. The number of esters is 1. The quantitative estimate of drug-likeness (QED) is 0.595. The maximum atomic E-state index is 12.0. The number of carbonyl (C=O) groups is 1. The van der Waals surface area contributed by atoms with E-state index in [4.69, 9.17) is 4.74 Å². The molecule has 1 heterocycles. The molecule has 0 atom stereocenters. The lowest BCUT2D eigenvalue weighted by Crippen LogP contribution is -2.24. The fourth-order valence-corrected chi connectivity index (χ4v) is 1.86. The molecule has 0 spiro atoms. The molecule has 0 saturated heterocycles. The molecule has 0 bridgehead atoms. The van der Waals surface area contributed by atoms with Crippen LogP contribution in [0.1, 0.15) is 38.6 Å². The molecule has 1 saturated carbocycles. The molecular weight excluding hydrogens is 246 g/mol. The first-order valence-corrected chi connectivity index (χ1v) is 6.69. The lowest BCUT2D eigenvalue weighted by atomic mass is 10.3. The van der Waals surface area contributed by atoms with Crippen molar-refractivity contribution in [3.05, 3.63) is 22.7 Å². The molecule has 0 amide bonds. The summed E-state index contributed by atoms with van der Waals surface area (Å²) in [7, 11) is 0. The van der Waals surface area contributed by atoms with Crippen LogP contribution in [-0.2, 0) is 9.53 Å². The highest BCUT2D eigenvalue weighted by molar-refractivity contribution is 5.69. The van der Waals surface area contributed by atoms with Crippen LogP contribution >= 0.6 is 0 Å². The average Bonchev–Trinajstić information content (AvgIpc) is 3.21. The van der Waals surface area contributed by atoms with Gasteiger partial charge in [0, 0.05) is 31.4 Å². The van der Waals surface area contributed by atoms with Gasteiger partial charge in [-0.05, 0) is 26.2 Å². The van der Waals surface area contributed by atoms with E-state index in [-0.39, 0.29) is 11.5 Å². The summed E-state index contributed by atoms with van der Waals surface area (Å²) in [5.74, 6) is 0.152. The number of aromatic nitrogens is 2. The molecule has 1 aliphatic carbocycles. The number of nitrogens with one attached hydrogen (secondary N) is 1. The topological polar surface area (TPSA) is 73.2 Å². The predicted octanol–water partition coefficient (Wildman–Crippen LogP) is 1.33. The lowest BCUT2D eigenvalue weighted by Gasteiger charge is -2.07. The van der Waals surface area contributed by atoms with E-state index in [2.05, 4.69) is 10.3 Å². The van der Waals surface area contributed by atoms with Gasteiger partial charge in [-0.2, -0.15) is 0 Å². The third-order valence-electron chi connectivity index (χ3n) is 2.96. The number of hydrogen-bond acceptors (Lipinski definition) is 5. The van der Waals surface area contributed by atoms with E-state index in [1.54, 1.807) is 23.9 Å². The number of hydrogen-bond donors (Lipinski definition) is 1. The standard InChI is InChI=1S/C13H19N3O3/c1-2-19-11(17)4-3-7-14-12-13(18)16(9-8-15-12)10-5-6-10/h8-10H,2-7H2,1H3,(H,14,15). The first kappa shape index (κ1) is 13.6. The molecule has 0 aromatic carbocycles. The molecule has 1 fully saturated rings. The summed E-state index contributed by atoms with van der Waals surface area (Å²) in [4.78, 5) is 27.2. The summed E-state index contributed by atoms with van der Waals surface area (Å²) < 4.78 is 6.55. The molecule has 0 radical (unpaired) electrons. The van der Waals surface area contributed by atoms with Crippen molar-refractivity contribution < 1.29 is 9.53 Å². The number of nitrogens with zero attached hydrogens (tertiary/aromatic N) is 2. The minimum absolute atomic E-state index is 0.0823. The lowest BCUT2D eigenvalue weighted by molar-refractivity contribution is -0.143. The van der Waals surface area contributed by atoms with Gasteiger partial charge in [-0.15, -0.1) is 0 Å². The van der Waals surface area contributed by atoms with Crippen molar-refractivity contribution in [1.82, 2.24) is 9.55 Å². The van der Waals surface area contributed by atoms with Gasteiger partial charge in [0.15, 0.2) is 5.82 Å². The second-order valence-electron chi connectivity index (χ2n) is 4.55. The van der Waals surface area contributed by atoms with Gasteiger partial charge in [0.2, 0.25) is 0 Å². The van der Waals surface area contributed by atoms with Gasteiger partial charge in [-0.1, -0.05) is 0 Å². The molecule has 1 aliphatic rings. The highest BCUT2D eigenvalue weighted by atomic mass is 16.5. The van der Waals surface area contributed by atoms with Gasteiger partial charge in [0.25, 0.3) is 5.56 Å². The zero-order valence-corrected chi connectivity index (χ0v) is 11.1. The van der Waals surface area contributed by atoms with Gasteiger partial charge < -0.3 is 14.6 Å². The van der Waals surface area contributed by atoms with Crippen molar-refractivity contribution in [2.24, 2.45) is 0 Å². The Morgan fingerprint density at radius 2 is 2.37 bits per heavy atom. The van der Waals surface area contributed by atoms with Crippen LogP contribution in [0.15, 0.2) is 17.2 Å². The van der Waals surface area contributed by atoms with Crippen molar-refractivity contribution in [2.75, 3.05) is 18.5 Å². The molecule has 6 heteroatoms. The maximum Gasteiger partial charge on any atom is 0.305 e. The first-order chi connectivity index (χ1) is 9.22. The summed E-state index contributed by atoms with van der Waals surface area (Å²) in [6.07, 6.45) is 6.46. The fourth-order valence-electron chi connectivity index (χ4n) is 1.86. The molecule has 0 aliphatic heterocycles. The Hall–Kier alpha value is -1.85. The summed E-state index contributed by atoms with van der Waals surface area (Å²) in [6.45, 7) is 2.72. The smallest absolute Gasteiger partial charge is 0.305 e. The Bertz CT molecular complexity index is 494. The highest BCUT2D eigenvalue weighted by Crippen LogP contribution is 2.33. The molecule has 104 valence electrons. The Labute approximate surface area is 111 Å². The second kappa shape index (κ2) is 6.36. The van der Waals surface area contributed by atoms with Crippen molar-refractivity contribution in [1.29, 1.82) is 0 Å². The van der Waals surface area contributed by atoms with Gasteiger partial charge in [0.1, 0.15) is 0 Å². The van der Waals surface area contributed by atoms with Crippen LogP contribution in [-0.4, -0.2) is 28.7 Å². The molecular formula is C13H19N3O3. The fraction of sp³-hybridized carbons (Fsp3) is 0.615. The van der Waals surface area contributed by atoms with Crippen molar-refractivity contribution in [2.45, 2.75) is 38.6 Å². The largest absolute Gasteiger partial charge is 0.466 e. The Balaban J connectivity index is 1.81. The summed E-state index contributed by atoms with van der Waals surface area (Å²) in [5, 5.41) is 2.98. The maximum absolute atomic E-state index is 12.0. The average molecular weight is 265 g/mol. The number of anilines is 1. The third kappa shape index (κ3) is 3.81. The van der Waals surface area contributed by atoms with E-state index in [1.165, 1.54) is 0 Å². The zero-order chi connectivity index (χ0) is 13.7. The molecule has 6 nitrogen and oxygen atoms in total. The van der Waals surface area contributed by atoms with Crippen LogP contribution in [0.3, 0.4) is 0 Å². The molecule has 19 heavy (non-hydrogen) atoms. The summed E-state index contributed by atoms with van der Waals surface area (Å²) in [5.41, 5.74) is -0.0823. The van der Waals surface area contributed by atoms with E-state index in [9.17, 15) is 9.59 Å². The number of carbonyl (C=O) groups excluding carboxylic acids is 1. The summed E-state index contributed by atoms with van der Waals surface area (Å²) in [6, 6.07) is 0.343. The van der Waals surface area contributed by atoms with Crippen LogP contribution in [0.5, 0.6) is 0 Å². The van der Waals surface area contributed by atoms with Crippen LogP contribution in [0, 0.1) is 0 Å². The van der Waals surface area contributed by atoms with Gasteiger partial charge in [-0.3, -0.25) is 9.59 Å². The van der Waals surface area contributed by atoms with Crippen LogP contribution in [0.2, 0.25) is 0 Å². The molecule has 1 N–H and O–H groups in total. The second-order valence-corrected chi connectivity index (χ2v) is 4.55. The normalized spacial score (nSPS) is 14.2. The van der Waals surface area contributed by atoms with Crippen LogP contribution in [0.4, 0.5) is 5.82 Å².